The van der Waals surface area contributed by atoms with E-state index in [-0.39, 0.29) is 5.91 Å². The highest BCUT2D eigenvalue weighted by Gasteiger charge is 2.13. The second kappa shape index (κ2) is 7.79. The SMILES string of the molecule is CCCN(CC(=O)N(C)CC)c1ccc(CN)cc1. The molecular formula is C15H25N3O. The van der Waals surface area contributed by atoms with E-state index >= 15 is 0 Å². The van der Waals surface area contributed by atoms with Gasteiger partial charge in [0.05, 0.1) is 6.54 Å². The summed E-state index contributed by atoms with van der Waals surface area (Å²) in [5.41, 5.74) is 7.79. The van der Waals surface area contributed by atoms with Gasteiger partial charge in [0.1, 0.15) is 0 Å². The van der Waals surface area contributed by atoms with Gasteiger partial charge in [-0.05, 0) is 31.0 Å². The molecule has 4 heteroatoms. The number of nitrogens with two attached hydrogens (primary N) is 1. The number of anilines is 1. The van der Waals surface area contributed by atoms with Gasteiger partial charge in [-0.15, -0.1) is 0 Å². The van der Waals surface area contributed by atoms with Crippen molar-refractivity contribution < 1.29 is 4.79 Å². The van der Waals surface area contributed by atoms with Crippen molar-refractivity contribution in [3.05, 3.63) is 29.8 Å². The van der Waals surface area contributed by atoms with E-state index in [9.17, 15) is 4.79 Å². The molecule has 1 rings (SSSR count). The Morgan fingerprint density at radius 2 is 1.84 bits per heavy atom. The zero-order chi connectivity index (χ0) is 14.3. The van der Waals surface area contributed by atoms with Crippen molar-refractivity contribution in [2.45, 2.75) is 26.8 Å². The van der Waals surface area contributed by atoms with Crippen molar-refractivity contribution in [2.24, 2.45) is 5.73 Å². The molecule has 0 radical (unpaired) electrons. The first-order valence-electron chi connectivity index (χ1n) is 6.90. The predicted octanol–water partition coefficient (Wildman–Crippen LogP) is 1.84. The summed E-state index contributed by atoms with van der Waals surface area (Å²) in [6.07, 6.45) is 1.02. The van der Waals surface area contributed by atoms with Gasteiger partial charge in [-0.1, -0.05) is 19.1 Å². The number of benzene rings is 1. The lowest BCUT2D eigenvalue weighted by molar-refractivity contribution is -0.128. The van der Waals surface area contributed by atoms with Crippen molar-refractivity contribution in [2.75, 3.05) is 31.6 Å². The zero-order valence-corrected chi connectivity index (χ0v) is 12.2. The van der Waals surface area contributed by atoms with E-state index in [2.05, 4.69) is 11.8 Å². The molecule has 0 spiro atoms. The molecule has 1 aromatic rings. The second-order valence-electron chi connectivity index (χ2n) is 4.70. The van der Waals surface area contributed by atoms with Gasteiger partial charge in [0, 0.05) is 32.4 Å². The molecule has 0 heterocycles. The van der Waals surface area contributed by atoms with E-state index in [1.54, 1.807) is 4.90 Å². The van der Waals surface area contributed by atoms with Crippen molar-refractivity contribution in [3.63, 3.8) is 0 Å². The maximum atomic E-state index is 12.0. The molecule has 0 saturated carbocycles. The highest BCUT2D eigenvalue weighted by molar-refractivity contribution is 5.81. The third-order valence-corrected chi connectivity index (χ3v) is 3.26. The molecule has 0 aliphatic carbocycles. The number of carbonyl (C=O) groups excluding carboxylic acids is 1. The number of amides is 1. The molecule has 0 saturated heterocycles. The van der Waals surface area contributed by atoms with Crippen LogP contribution in [-0.4, -0.2) is 37.5 Å². The van der Waals surface area contributed by atoms with Gasteiger partial charge in [0.2, 0.25) is 5.91 Å². The van der Waals surface area contributed by atoms with E-state index in [0.29, 0.717) is 13.1 Å². The molecule has 0 fully saturated rings. The van der Waals surface area contributed by atoms with E-state index in [1.165, 1.54) is 0 Å². The van der Waals surface area contributed by atoms with Crippen LogP contribution in [0.5, 0.6) is 0 Å². The first-order valence-corrected chi connectivity index (χ1v) is 6.90. The van der Waals surface area contributed by atoms with Gasteiger partial charge in [-0.3, -0.25) is 4.79 Å². The summed E-state index contributed by atoms with van der Waals surface area (Å²) in [7, 11) is 1.84. The molecule has 0 aliphatic rings. The topological polar surface area (TPSA) is 49.6 Å². The van der Waals surface area contributed by atoms with Gasteiger partial charge >= 0.3 is 0 Å². The number of rotatable bonds is 7. The number of carbonyl (C=O) groups is 1. The van der Waals surface area contributed by atoms with Crippen LogP contribution in [0.15, 0.2) is 24.3 Å². The number of hydrogen-bond acceptors (Lipinski definition) is 3. The van der Waals surface area contributed by atoms with E-state index < -0.39 is 0 Å². The summed E-state index contributed by atoms with van der Waals surface area (Å²) in [6, 6.07) is 8.12. The van der Waals surface area contributed by atoms with Crippen LogP contribution in [0.1, 0.15) is 25.8 Å². The lowest BCUT2D eigenvalue weighted by Crippen LogP contribution is -2.38. The van der Waals surface area contributed by atoms with Crippen LogP contribution in [0.25, 0.3) is 0 Å². The molecule has 0 aliphatic heterocycles. The molecule has 0 atom stereocenters. The van der Waals surface area contributed by atoms with Crippen molar-refractivity contribution in [1.82, 2.24) is 4.90 Å². The monoisotopic (exact) mass is 263 g/mol. The molecule has 2 N–H and O–H groups in total. The largest absolute Gasteiger partial charge is 0.362 e. The lowest BCUT2D eigenvalue weighted by atomic mass is 10.2. The average molecular weight is 263 g/mol. The Balaban J connectivity index is 2.78. The Labute approximate surface area is 116 Å². The molecule has 19 heavy (non-hydrogen) atoms. The van der Waals surface area contributed by atoms with Crippen LogP contribution in [0.3, 0.4) is 0 Å². The fourth-order valence-electron chi connectivity index (χ4n) is 1.87. The summed E-state index contributed by atoms with van der Waals surface area (Å²) in [4.78, 5) is 15.9. The molecule has 4 nitrogen and oxygen atoms in total. The smallest absolute Gasteiger partial charge is 0.241 e. The quantitative estimate of drug-likeness (QED) is 0.816. The molecular weight excluding hydrogens is 238 g/mol. The van der Waals surface area contributed by atoms with Crippen LogP contribution >= 0.6 is 0 Å². The predicted molar refractivity (Wildman–Crippen MR) is 80.1 cm³/mol. The van der Waals surface area contributed by atoms with Gasteiger partial charge in [-0.25, -0.2) is 0 Å². The molecule has 0 bridgehead atoms. The number of nitrogens with zero attached hydrogens (tertiary/aromatic N) is 2. The summed E-state index contributed by atoms with van der Waals surface area (Å²) >= 11 is 0. The zero-order valence-electron chi connectivity index (χ0n) is 12.2. The maximum absolute atomic E-state index is 12.0. The Morgan fingerprint density at radius 3 is 2.32 bits per heavy atom. The van der Waals surface area contributed by atoms with Crippen molar-refractivity contribution >= 4 is 11.6 Å². The molecule has 1 amide bonds. The highest BCUT2D eigenvalue weighted by Crippen LogP contribution is 2.15. The molecule has 0 unspecified atom stereocenters. The van der Waals surface area contributed by atoms with Crippen LogP contribution in [0.2, 0.25) is 0 Å². The van der Waals surface area contributed by atoms with Crippen LogP contribution < -0.4 is 10.6 Å². The number of hydrogen-bond donors (Lipinski definition) is 1. The first kappa shape index (κ1) is 15.5. The second-order valence-corrected chi connectivity index (χ2v) is 4.70. The minimum Gasteiger partial charge on any atom is -0.362 e. The molecule has 1 aromatic carbocycles. The Morgan fingerprint density at radius 1 is 1.21 bits per heavy atom. The normalized spacial score (nSPS) is 10.3. The molecule has 106 valence electrons. The minimum absolute atomic E-state index is 0.152. The fraction of sp³-hybridized carbons (Fsp3) is 0.533. The van der Waals surface area contributed by atoms with Gasteiger partial charge in [-0.2, -0.15) is 0 Å². The Bertz CT molecular complexity index is 389. The van der Waals surface area contributed by atoms with Crippen molar-refractivity contribution in [3.8, 4) is 0 Å². The minimum atomic E-state index is 0.152. The van der Waals surface area contributed by atoms with Crippen molar-refractivity contribution in [1.29, 1.82) is 0 Å². The average Bonchev–Trinajstić information content (AvgIpc) is 2.45. The Kier molecular flexibility index (Phi) is 6.36. The first-order chi connectivity index (χ1) is 9.12. The number of likely N-dealkylation sites (N-methyl/N-ethyl adjacent to an activating group) is 1. The maximum Gasteiger partial charge on any atom is 0.241 e. The van der Waals surface area contributed by atoms with Crippen LogP contribution in [-0.2, 0) is 11.3 Å². The summed E-state index contributed by atoms with van der Waals surface area (Å²) < 4.78 is 0. The van der Waals surface area contributed by atoms with Gasteiger partial charge in [0.25, 0.3) is 0 Å². The van der Waals surface area contributed by atoms with E-state index in [0.717, 1.165) is 30.8 Å². The van der Waals surface area contributed by atoms with Crippen LogP contribution in [0.4, 0.5) is 5.69 Å². The third-order valence-electron chi connectivity index (χ3n) is 3.26. The highest BCUT2D eigenvalue weighted by atomic mass is 16.2. The Hall–Kier alpha value is -1.55. The third kappa shape index (κ3) is 4.56. The summed E-state index contributed by atoms with van der Waals surface area (Å²) in [6.45, 7) is 6.70. The van der Waals surface area contributed by atoms with E-state index in [1.807, 2.05) is 38.2 Å². The lowest BCUT2D eigenvalue weighted by Gasteiger charge is -2.26. The van der Waals surface area contributed by atoms with Gasteiger partial charge in [0.15, 0.2) is 0 Å². The van der Waals surface area contributed by atoms with Crippen LogP contribution in [0, 0.1) is 0 Å². The summed E-state index contributed by atoms with van der Waals surface area (Å²) in [5.74, 6) is 0.152. The molecule has 0 aromatic heterocycles. The standard InChI is InChI=1S/C15H25N3O/c1-4-10-18(12-15(19)17(3)5-2)14-8-6-13(11-16)7-9-14/h6-9H,4-5,10-12,16H2,1-3H3. The van der Waals surface area contributed by atoms with Gasteiger partial charge < -0.3 is 15.5 Å². The summed E-state index contributed by atoms with van der Waals surface area (Å²) in [5, 5.41) is 0. The fourth-order valence-corrected chi connectivity index (χ4v) is 1.87. The van der Waals surface area contributed by atoms with E-state index in [4.69, 9.17) is 5.73 Å².